The molecule has 0 atom stereocenters. The van der Waals surface area contributed by atoms with Gasteiger partial charge in [-0.1, -0.05) is 62.6 Å². The lowest BCUT2D eigenvalue weighted by Gasteiger charge is -2.34. The van der Waals surface area contributed by atoms with Gasteiger partial charge in [-0.2, -0.15) is 4.68 Å². The van der Waals surface area contributed by atoms with E-state index in [9.17, 15) is 23.2 Å². The van der Waals surface area contributed by atoms with Crippen LogP contribution in [-0.2, 0) is 16.1 Å². The molecule has 0 radical (unpaired) electrons. The molecular formula is C32H33F2N5O6. The number of anilines is 1. The van der Waals surface area contributed by atoms with Gasteiger partial charge in [-0.15, -0.1) is 4.68 Å². The summed E-state index contributed by atoms with van der Waals surface area (Å²) in [6, 6.07) is 15.6. The Morgan fingerprint density at radius 1 is 0.956 bits per heavy atom. The molecule has 1 aliphatic rings. The van der Waals surface area contributed by atoms with E-state index in [0.29, 0.717) is 28.8 Å². The van der Waals surface area contributed by atoms with Gasteiger partial charge in [0.05, 0.1) is 6.61 Å². The molecule has 1 aromatic heterocycles. The van der Waals surface area contributed by atoms with E-state index in [2.05, 4.69) is 10.4 Å². The van der Waals surface area contributed by atoms with Gasteiger partial charge in [0.25, 0.3) is 0 Å². The molecule has 1 aliphatic carbocycles. The minimum absolute atomic E-state index is 0.00600. The van der Waals surface area contributed by atoms with E-state index in [1.54, 1.807) is 6.07 Å². The van der Waals surface area contributed by atoms with E-state index in [-0.39, 0.29) is 36.4 Å². The molecule has 0 saturated heterocycles. The monoisotopic (exact) mass is 621 g/mol. The molecule has 0 unspecified atom stereocenters. The summed E-state index contributed by atoms with van der Waals surface area (Å²) in [4.78, 5) is 42.0. The van der Waals surface area contributed by atoms with Gasteiger partial charge in [0, 0.05) is 11.7 Å². The van der Waals surface area contributed by atoms with Crippen molar-refractivity contribution < 1.29 is 32.6 Å². The van der Waals surface area contributed by atoms with Gasteiger partial charge in [-0.05, 0) is 65.6 Å². The number of amides is 1. The molecule has 0 aliphatic heterocycles. The molecule has 1 amide bonds. The van der Waals surface area contributed by atoms with Crippen molar-refractivity contribution in [1.29, 1.82) is 0 Å². The molecule has 1 heterocycles. The number of benzene rings is 3. The zero-order valence-corrected chi connectivity index (χ0v) is 24.7. The smallest absolute Gasteiger partial charge is 0.377 e. The second-order valence-corrected chi connectivity index (χ2v) is 10.5. The standard InChI is InChI=1S/C32H33F2N5O6/c1-2-18-43-21-45-28-17-16-24(19-25(28)30(40)44-20-22-10-5-3-6-11-22)37(23-12-7-4-8-13-23)31(41)39-32(42)38(35-36-39)29-26(33)14-9-15-27(29)34/h3,5-6,9-11,14-17,19,23H,2,4,7-8,12-13,18,20-21H2,1H3. The number of ether oxygens (including phenoxy) is 3. The fraction of sp³-hybridized carbons (Fsp3) is 0.344. The van der Waals surface area contributed by atoms with E-state index in [1.165, 1.54) is 17.0 Å². The van der Waals surface area contributed by atoms with Crippen LogP contribution in [0.2, 0.25) is 0 Å². The molecule has 13 heteroatoms. The van der Waals surface area contributed by atoms with E-state index in [4.69, 9.17) is 14.2 Å². The van der Waals surface area contributed by atoms with Gasteiger partial charge in [-0.25, -0.2) is 23.2 Å². The molecule has 0 N–H and O–H groups in total. The maximum Gasteiger partial charge on any atom is 0.377 e. The first kappa shape index (κ1) is 31.5. The van der Waals surface area contributed by atoms with Crippen molar-refractivity contribution in [1.82, 2.24) is 19.8 Å². The van der Waals surface area contributed by atoms with Crippen molar-refractivity contribution in [2.24, 2.45) is 0 Å². The third-order valence-corrected chi connectivity index (χ3v) is 7.38. The molecule has 45 heavy (non-hydrogen) atoms. The number of nitrogens with zero attached hydrogens (tertiary/aromatic N) is 5. The Hall–Kier alpha value is -4.91. The molecule has 5 rings (SSSR count). The summed E-state index contributed by atoms with van der Waals surface area (Å²) >= 11 is 0. The van der Waals surface area contributed by atoms with Crippen molar-refractivity contribution in [3.63, 3.8) is 0 Å². The van der Waals surface area contributed by atoms with Gasteiger partial charge >= 0.3 is 17.7 Å². The minimum atomic E-state index is -1.15. The largest absolute Gasteiger partial charge is 0.467 e. The van der Waals surface area contributed by atoms with Crippen LogP contribution in [0, 0.1) is 11.6 Å². The first-order valence-electron chi connectivity index (χ1n) is 14.8. The van der Waals surface area contributed by atoms with Gasteiger partial charge < -0.3 is 14.2 Å². The number of halogens is 2. The summed E-state index contributed by atoms with van der Waals surface area (Å²) in [6.07, 6.45) is 4.65. The highest BCUT2D eigenvalue weighted by Crippen LogP contribution is 2.32. The Balaban J connectivity index is 1.51. The fourth-order valence-corrected chi connectivity index (χ4v) is 5.18. The summed E-state index contributed by atoms with van der Waals surface area (Å²) in [5, 5.41) is 7.26. The molecule has 3 aromatic carbocycles. The highest BCUT2D eigenvalue weighted by atomic mass is 19.1. The number of aromatic nitrogens is 4. The number of esters is 1. The molecule has 1 saturated carbocycles. The van der Waals surface area contributed by atoms with E-state index >= 15 is 0 Å². The summed E-state index contributed by atoms with van der Waals surface area (Å²) < 4.78 is 46.6. The van der Waals surface area contributed by atoms with Crippen LogP contribution in [0.4, 0.5) is 19.3 Å². The number of para-hydroxylation sites is 1. The predicted octanol–water partition coefficient (Wildman–Crippen LogP) is 5.63. The number of rotatable bonds is 11. The lowest BCUT2D eigenvalue weighted by molar-refractivity contribution is 0.0140. The van der Waals surface area contributed by atoms with Crippen molar-refractivity contribution in [3.05, 3.63) is 100.0 Å². The van der Waals surface area contributed by atoms with Crippen molar-refractivity contribution in [2.45, 2.75) is 58.1 Å². The van der Waals surface area contributed by atoms with Crippen LogP contribution >= 0.6 is 0 Å². The average molecular weight is 622 g/mol. The molecule has 0 bridgehead atoms. The topological polar surface area (TPSA) is 118 Å². The van der Waals surface area contributed by atoms with E-state index < -0.39 is 35.0 Å². The number of tetrazole rings is 1. The fourth-order valence-electron chi connectivity index (χ4n) is 5.18. The lowest BCUT2D eigenvalue weighted by atomic mass is 9.94. The molecule has 4 aromatic rings. The quantitative estimate of drug-likeness (QED) is 0.0915. The van der Waals surface area contributed by atoms with Crippen LogP contribution in [0.1, 0.15) is 61.4 Å². The van der Waals surface area contributed by atoms with Gasteiger partial charge in [0.1, 0.15) is 23.6 Å². The zero-order valence-electron chi connectivity index (χ0n) is 24.7. The third-order valence-electron chi connectivity index (χ3n) is 7.38. The van der Waals surface area contributed by atoms with Gasteiger partial charge in [-0.3, -0.25) is 4.90 Å². The highest BCUT2D eigenvalue weighted by molar-refractivity contribution is 5.98. The maximum absolute atomic E-state index is 14.5. The second kappa shape index (κ2) is 14.7. The SMILES string of the molecule is CCCOCOc1ccc(N(C(=O)n2nnn(-c3c(F)cccc3F)c2=O)C2CCCCC2)cc1C(=O)OCc1ccccc1. The van der Waals surface area contributed by atoms with Crippen LogP contribution in [0.25, 0.3) is 5.69 Å². The normalized spacial score (nSPS) is 13.4. The molecule has 1 fully saturated rings. The van der Waals surface area contributed by atoms with E-state index in [1.807, 2.05) is 37.3 Å². The van der Waals surface area contributed by atoms with Crippen molar-refractivity contribution >= 4 is 17.7 Å². The highest BCUT2D eigenvalue weighted by Gasteiger charge is 2.32. The van der Waals surface area contributed by atoms with Gasteiger partial charge in [0.2, 0.25) is 0 Å². The molecular weight excluding hydrogens is 588 g/mol. The van der Waals surface area contributed by atoms with Crippen LogP contribution in [0.5, 0.6) is 5.75 Å². The summed E-state index contributed by atoms with van der Waals surface area (Å²) in [7, 11) is 0. The summed E-state index contributed by atoms with van der Waals surface area (Å²) in [5.41, 5.74) is -0.801. The lowest BCUT2D eigenvalue weighted by Crippen LogP contribution is -2.47. The summed E-state index contributed by atoms with van der Waals surface area (Å²) in [6.45, 7) is 2.31. The number of hydrogen-bond donors (Lipinski definition) is 0. The Bertz CT molecular complexity index is 1670. The Morgan fingerprint density at radius 2 is 1.69 bits per heavy atom. The number of carbonyl (C=O) groups is 2. The first-order chi connectivity index (χ1) is 21.9. The van der Waals surface area contributed by atoms with Gasteiger partial charge in [0.15, 0.2) is 18.4 Å². The molecule has 11 nitrogen and oxygen atoms in total. The second-order valence-electron chi connectivity index (χ2n) is 10.5. The molecule has 0 spiro atoms. The first-order valence-corrected chi connectivity index (χ1v) is 14.8. The number of hydrogen-bond acceptors (Lipinski definition) is 8. The van der Waals surface area contributed by atoms with Crippen LogP contribution in [-0.4, -0.2) is 51.2 Å². The van der Waals surface area contributed by atoms with Crippen molar-refractivity contribution in [2.75, 3.05) is 18.3 Å². The minimum Gasteiger partial charge on any atom is -0.467 e. The summed E-state index contributed by atoms with van der Waals surface area (Å²) in [5.74, 6) is -2.60. The Labute approximate surface area is 257 Å². The van der Waals surface area contributed by atoms with Crippen molar-refractivity contribution in [3.8, 4) is 11.4 Å². The number of carbonyl (C=O) groups excluding carboxylic acids is 2. The Kier molecular flexibility index (Phi) is 10.3. The zero-order chi connectivity index (χ0) is 31.8. The molecule has 236 valence electrons. The van der Waals surface area contributed by atoms with Crippen LogP contribution in [0.3, 0.4) is 0 Å². The van der Waals surface area contributed by atoms with E-state index in [0.717, 1.165) is 49.4 Å². The predicted molar refractivity (Wildman–Crippen MR) is 159 cm³/mol. The van der Waals surface area contributed by atoms with Crippen LogP contribution < -0.4 is 15.3 Å². The van der Waals surface area contributed by atoms with Crippen LogP contribution in [0.15, 0.2) is 71.5 Å². The maximum atomic E-state index is 14.5. The third kappa shape index (κ3) is 7.26. The Morgan fingerprint density at radius 3 is 2.40 bits per heavy atom. The average Bonchev–Trinajstić information content (AvgIpc) is 3.43.